The number of hydrogen-bond donors (Lipinski definition) is 2. The summed E-state index contributed by atoms with van der Waals surface area (Å²) in [6.07, 6.45) is 2.34. The lowest BCUT2D eigenvalue weighted by atomic mass is 9.90. The van der Waals surface area contributed by atoms with Gasteiger partial charge in [0.15, 0.2) is 0 Å². The van der Waals surface area contributed by atoms with E-state index in [0.717, 1.165) is 40.7 Å². The van der Waals surface area contributed by atoms with Crippen molar-refractivity contribution in [3.05, 3.63) is 71.2 Å². The first-order chi connectivity index (χ1) is 17.9. The highest BCUT2D eigenvalue weighted by Crippen LogP contribution is 2.36. The number of rotatable bonds is 7. The second kappa shape index (κ2) is 10.6. The Morgan fingerprint density at radius 2 is 1.86 bits per heavy atom. The zero-order chi connectivity index (χ0) is 25.9. The second-order valence-electron chi connectivity index (χ2n) is 10.0. The first-order valence-electron chi connectivity index (χ1n) is 12.8. The van der Waals surface area contributed by atoms with Gasteiger partial charge >= 0.3 is 6.09 Å². The molecule has 1 aliphatic rings. The molecule has 0 spiro atoms. The van der Waals surface area contributed by atoms with Gasteiger partial charge in [-0.05, 0) is 61.4 Å². The van der Waals surface area contributed by atoms with Crippen LogP contribution in [0, 0.1) is 11.7 Å². The Hall–Kier alpha value is -3.88. The first kappa shape index (κ1) is 24.8. The van der Waals surface area contributed by atoms with Crippen LogP contribution < -0.4 is 0 Å². The van der Waals surface area contributed by atoms with Gasteiger partial charge in [0, 0.05) is 24.6 Å². The van der Waals surface area contributed by atoms with Crippen LogP contribution in [0.4, 0.5) is 9.18 Å². The second-order valence-corrected chi connectivity index (χ2v) is 10.0. The summed E-state index contributed by atoms with van der Waals surface area (Å²) in [5.41, 5.74) is 4.19. The van der Waals surface area contributed by atoms with Gasteiger partial charge in [-0.2, -0.15) is 9.78 Å². The molecule has 37 heavy (non-hydrogen) atoms. The fraction of sp³-hybridized carbons (Fsp3) is 0.393. The molecule has 1 amide bonds. The highest BCUT2D eigenvalue weighted by atomic mass is 19.1. The van der Waals surface area contributed by atoms with Gasteiger partial charge < -0.3 is 19.7 Å². The van der Waals surface area contributed by atoms with E-state index in [1.165, 1.54) is 16.8 Å². The summed E-state index contributed by atoms with van der Waals surface area (Å²) in [5, 5.41) is 16.1. The summed E-state index contributed by atoms with van der Waals surface area (Å²) in [6.45, 7) is 5.56. The molecule has 3 heterocycles. The van der Waals surface area contributed by atoms with Crippen LogP contribution in [0.25, 0.3) is 17.0 Å². The van der Waals surface area contributed by atoms with Crippen molar-refractivity contribution in [2.45, 2.75) is 45.4 Å². The Morgan fingerprint density at radius 3 is 2.57 bits per heavy atom. The number of carbonyl (C=O) groups is 1. The number of amides is 1. The number of aromatic amines is 1. The summed E-state index contributed by atoms with van der Waals surface area (Å²) >= 11 is 0. The predicted molar refractivity (Wildman–Crippen MR) is 138 cm³/mol. The van der Waals surface area contributed by atoms with Crippen molar-refractivity contribution in [1.82, 2.24) is 24.6 Å². The van der Waals surface area contributed by atoms with Crippen LogP contribution >= 0.6 is 0 Å². The molecule has 0 saturated carbocycles. The molecule has 9 heteroatoms. The zero-order valence-corrected chi connectivity index (χ0v) is 21.2. The number of fused-ring (bicyclic) bond motifs is 1. The van der Waals surface area contributed by atoms with Crippen LogP contribution in [0.1, 0.15) is 49.4 Å². The molecule has 0 atom stereocenters. The van der Waals surface area contributed by atoms with E-state index in [4.69, 9.17) is 9.84 Å². The number of aromatic hydroxyl groups is 1. The third kappa shape index (κ3) is 5.45. The van der Waals surface area contributed by atoms with Gasteiger partial charge in [0.1, 0.15) is 5.82 Å². The number of hydrogen-bond acceptors (Lipinski definition) is 5. The molecule has 5 rings (SSSR count). The molecule has 0 aliphatic carbocycles. The topological polar surface area (TPSA) is 96.3 Å². The molecule has 0 unspecified atom stereocenters. The number of aromatic nitrogens is 4. The van der Waals surface area contributed by atoms with E-state index >= 15 is 0 Å². The van der Waals surface area contributed by atoms with E-state index in [1.807, 2.05) is 38.1 Å². The van der Waals surface area contributed by atoms with Gasteiger partial charge in [-0.25, -0.2) is 14.2 Å². The lowest BCUT2D eigenvalue weighted by Crippen LogP contribution is -2.39. The van der Waals surface area contributed by atoms with Crippen LogP contribution in [-0.4, -0.2) is 55.5 Å². The lowest BCUT2D eigenvalue weighted by molar-refractivity contribution is 0.0832. The Kier molecular flexibility index (Phi) is 7.12. The quantitative estimate of drug-likeness (QED) is 0.353. The number of benzene rings is 2. The van der Waals surface area contributed by atoms with Crippen molar-refractivity contribution in [1.29, 1.82) is 0 Å². The van der Waals surface area contributed by atoms with E-state index in [-0.39, 0.29) is 29.6 Å². The molecule has 8 nitrogen and oxygen atoms in total. The molecule has 2 N–H and O–H groups in total. The maximum absolute atomic E-state index is 13.4. The number of piperidine rings is 1. The number of H-pyrrole nitrogens is 1. The summed E-state index contributed by atoms with van der Waals surface area (Å²) in [4.78, 5) is 22.0. The van der Waals surface area contributed by atoms with Crippen LogP contribution in [-0.2, 0) is 17.6 Å². The largest absolute Gasteiger partial charge is 0.493 e. The van der Waals surface area contributed by atoms with Crippen LogP contribution in [0.15, 0.2) is 48.5 Å². The summed E-state index contributed by atoms with van der Waals surface area (Å²) in [6, 6.07) is 14.1. The minimum atomic E-state index is -0.278. The van der Waals surface area contributed by atoms with E-state index in [2.05, 4.69) is 9.97 Å². The van der Waals surface area contributed by atoms with Crippen LogP contribution in [0.2, 0.25) is 0 Å². The van der Waals surface area contributed by atoms with Crippen LogP contribution in [0.5, 0.6) is 5.88 Å². The molecule has 194 valence electrons. The highest BCUT2D eigenvalue weighted by molar-refractivity contribution is 5.76. The highest BCUT2D eigenvalue weighted by Gasteiger charge is 2.31. The van der Waals surface area contributed by atoms with E-state index in [0.29, 0.717) is 38.5 Å². The fourth-order valence-corrected chi connectivity index (χ4v) is 4.80. The Labute approximate surface area is 215 Å². The Morgan fingerprint density at radius 1 is 1.14 bits per heavy atom. The van der Waals surface area contributed by atoms with Crippen molar-refractivity contribution >= 4 is 17.1 Å². The molecule has 2 aromatic heterocycles. The minimum absolute atomic E-state index is 0.0509. The lowest BCUT2D eigenvalue weighted by Gasteiger charge is -2.31. The van der Waals surface area contributed by atoms with Crippen LogP contribution in [0.3, 0.4) is 0 Å². The number of imidazole rings is 1. The summed E-state index contributed by atoms with van der Waals surface area (Å²) in [7, 11) is 0. The minimum Gasteiger partial charge on any atom is -0.493 e. The summed E-state index contributed by atoms with van der Waals surface area (Å²) < 4.78 is 20.2. The van der Waals surface area contributed by atoms with Gasteiger partial charge in [0.25, 0.3) is 0 Å². The maximum Gasteiger partial charge on any atom is 0.409 e. The summed E-state index contributed by atoms with van der Waals surface area (Å²) in [5.74, 6) is 0.588. The number of carbonyl (C=O) groups excluding carboxylic acids is 1. The molecular weight excluding hydrogens is 473 g/mol. The average Bonchev–Trinajstić information content (AvgIpc) is 3.48. The zero-order valence-electron chi connectivity index (χ0n) is 21.2. The SMILES string of the molecule is CC(C)COC(=O)N1CCC(c2nn(-c3nc4ccccc4[nH]3)c(O)c2CCc2ccc(F)cc2)CC1. The third-order valence-corrected chi connectivity index (χ3v) is 6.82. The van der Waals surface area contributed by atoms with E-state index in [9.17, 15) is 14.3 Å². The number of nitrogens with zero attached hydrogens (tertiary/aromatic N) is 4. The molecule has 1 saturated heterocycles. The fourth-order valence-electron chi connectivity index (χ4n) is 4.80. The third-order valence-electron chi connectivity index (χ3n) is 6.82. The molecule has 1 aliphatic heterocycles. The molecule has 0 radical (unpaired) electrons. The van der Waals surface area contributed by atoms with Gasteiger partial charge in [-0.1, -0.05) is 38.1 Å². The van der Waals surface area contributed by atoms with Gasteiger partial charge in [0.2, 0.25) is 11.8 Å². The van der Waals surface area contributed by atoms with E-state index < -0.39 is 0 Å². The average molecular weight is 506 g/mol. The van der Waals surface area contributed by atoms with Gasteiger partial charge in [0.05, 0.1) is 23.3 Å². The molecule has 2 aromatic carbocycles. The van der Waals surface area contributed by atoms with Crippen molar-refractivity contribution in [2.24, 2.45) is 5.92 Å². The number of para-hydroxylation sites is 2. The monoisotopic (exact) mass is 505 g/mol. The normalized spacial score (nSPS) is 14.5. The Balaban J connectivity index is 1.40. The van der Waals surface area contributed by atoms with Gasteiger partial charge in [-0.15, -0.1) is 0 Å². The number of likely N-dealkylation sites (tertiary alicyclic amines) is 1. The van der Waals surface area contributed by atoms with Crippen molar-refractivity contribution in [2.75, 3.05) is 19.7 Å². The van der Waals surface area contributed by atoms with Crippen molar-refractivity contribution < 1.29 is 19.0 Å². The molecule has 1 fully saturated rings. The smallest absolute Gasteiger partial charge is 0.409 e. The Bertz CT molecular complexity index is 1340. The standard InChI is InChI=1S/C28H32FN5O3/c1-18(2)17-37-28(36)33-15-13-20(14-16-33)25-22(12-9-19-7-10-21(29)11-8-19)26(35)34(32-25)27-30-23-5-3-4-6-24(23)31-27/h3-8,10-11,18,20,35H,9,12-17H2,1-2H3,(H,30,31). The number of aryl methyl sites for hydroxylation is 1. The van der Waals surface area contributed by atoms with Crippen molar-refractivity contribution in [3.8, 4) is 11.8 Å². The van der Waals surface area contributed by atoms with Gasteiger partial charge in [-0.3, -0.25) is 0 Å². The molecule has 0 bridgehead atoms. The van der Waals surface area contributed by atoms with Crippen molar-refractivity contribution in [3.63, 3.8) is 0 Å². The first-order valence-corrected chi connectivity index (χ1v) is 12.8. The number of halogens is 1. The number of ether oxygens (including phenoxy) is 1. The maximum atomic E-state index is 13.4. The molecule has 4 aromatic rings. The van der Waals surface area contributed by atoms with E-state index in [1.54, 1.807) is 17.0 Å². The molecular formula is C28H32FN5O3. The predicted octanol–water partition coefficient (Wildman–Crippen LogP) is 5.35. The number of nitrogens with one attached hydrogen (secondary N) is 1.